The van der Waals surface area contributed by atoms with E-state index in [1.54, 1.807) is 14.1 Å². The quantitative estimate of drug-likeness (QED) is 0.400. The number of unbranched alkanes of at least 4 members (excludes halogenated alkanes) is 3. The fourth-order valence-corrected chi connectivity index (χ4v) is 3.60. The van der Waals surface area contributed by atoms with Crippen LogP contribution in [0.5, 0.6) is 0 Å². The Balaban J connectivity index is 2.44. The molecule has 7 heteroatoms. The van der Waals surface area contributed by atoms with Gasteiger partial charge in [0.1, 0.15) is 0 Å². The van der Waals surface area contributed by atoms with Crippen LogP contribution in [0.3, 0.4) is 0 Å². The second kappa shape index (κ2) is 13.0. The maximum Gasteiger partial charge on any atom is 0.345 e. The molecule has 144 valence electrons. The SMILES string of the molecule is CCCCCCSC(=NC(=O)N(C)C)NC(=O)NCC1CCCCC1. The summed E-state index contributed by atoms with van der Waals surface area (Å²) in [7, 11) is 3.30. The van der Waals surface area contributed by atoms with Gasteiger partial charge in [0.15, 0.2) is 5.17 Å². The minimum absolute atomic E-state index is 0.267. The van der Waals surface area contributed by atoms with Crippen LogP contribution in [0.15, 0.2) is 4.99 Å². The minimum Gasteiger partial charge on any atom is -0.338 e. The van der Waals surface area contributed by atoms with Crippen LogP contribution in [0, 0.1) is 5.92 Å². The first kappa shape index (κ1) is 21.8. The Morgan fingerprint density at radius 2 is 1.84 bits per heavy atom. The standard InChI is InChI=1S/C18H34N4O2S/c1-4-5-6-10-13-25-17(21-18(24)22(2)3)20-16(23)19-14-15-11-8-7-9-12-15/h15H,4-14H2,1-3H3,(H2,19,20,21,23,24). The highest BCUT2D eigenvalue weighted by Gasteiger charge is 2.15. The third kappa shape index (κ3) is 10.4. The number of aliphatic imine (C=N–C) groups is 1. The molecule has 1 aliphatic rings. The number of thioether (sulfide) groups is 1. The van der Waals surface area contributed by atoms with Crippen molar-refractivity contribution in [2.75, 3.05) is 26.4 Å². The first-order valence-corrected chi connectivity index (χ1v) is 10.5. The summed E-state index contributed by atoms with van der Waals surface area (Å²) < 4.78 is 0. The Morgan fingerprint density at radius 3 is 2.48 bits per heavy atom. The van der Waals surface area contributed by atoms with Crippen LogP contribution >= 0.6 is 11.8 Å². The second-order valence-electron chi connectivity index (χ2n) is 6.84. The molecule has 0 atom stereocenters. The molecule has 0 bridgehead atoms. The van der Waals surface area contributed by atoms with Gasteiger partial charge in [-0.2, -0.15) is 4.99 Å². The molecule has 0 aromatic carbocycles. The molecule has 2 N–H and O–H groups in total. The monoisotopic (exact) mass is 370 g/mol. The lowest BCUT2D eigenvalue weighted by Crippen LogP contribution is -2.41. The lowest BCUT2D eigenvalue weighted by Gasteiger charge is -2.21. The van der Waals surface area contributed by atoms with Gasteiger partial charge in [0.2, 0.25) is 0 Å². The highest BCUT2D eigenvalue weighted by molar-refractivity contribution is 8.13. The smallest absolute Gasteiger partial charge is 0.338 e. The Labute approximate surface area is 156 Å². The van der Waals surface area contributed by atoms with Gasteiger partial charge < -0.3 is 10.2 Å². The summed E-state index contributed by atoms with van der Waals surface area (Å²) >= 11 is 1.44. The van der Waals surface area contributed by atoms with Crippen molar-refractivity contribution in [3.8, 4) is 0 Å². The molecule has 0 aromatic heterocycles. The summed E-state index contributed by atoms with van der Waals surface area (Å²) in [6.45, 7) is 2.87. The average Bonchev–Trinajstić information content (AvgIpc) is 2.60. The number of rotatable bonds is 7. The Bertz CT molecular complexity index is 435. The summed E-state index contributed by atoms with van der Waals surface area (Å²) in [5.41, 5.74) is 0. The fourth-order valence-electron chi connectivity index (χ4n) is 2.75. The number of amides is 4. The molecule has 25 heavy (non-hydrogen) atoms. The maximum absolute atomic E-state index is 12.1. The van der Waals surface area contributed by atoms with E-state index in [0.717, 1.165) is 18.6 Å². The predicted molar refractivity (Wildman–Crippen MR) is 106 cm³/mol. The molecule has 0 radical (unpaired) electrons. The van der Waals surface area contributed by atoms with Gasteiger partial charge in [-0.25, -0.2) is 9.59 Å². The van der Waals surface area contributed by atoms with Crippen molar-refractivity contribution in [3.05, 3.63) is 0 Å². The summed E-state index contributed by atoms with van der Waals surface area (Å²) in [6, 6.07) is -0.624. The number of urea groups is 2. The van der Waals surface area contributed by atoms with Crippen LogP contribution in [0.4, 0.5) is 9.59 Å². The first-order chi connectivity index (χ1) is 12.0. The number of carbonyl (C=O) groups excluding carboxylic acids is 2. The van der Waals surface area contributed by atoms with Crippen LogP contribution in [0.1, 0.15) is 64.7 Å². The molecule has 1 aliphatic carbocycles. The molecule has 0 aliphatic heterocycles. The van der Waals surface area contributed by atoms with Gasteiger partial charge in [0.05, 0.1) is 0 Å². The van der Waals surface area contributed by atoms with Gasteiger partial charge in [-0.3, -0.25) is 5.32 Å². The molecule has 6 nitrogen and oxygen atoms in total. The summed E-state index contributed by atoms with van der Waals surface area (Å²) in [4.78, 5) is 29.4. The van der Waals surface area contributed by atoms with E-state index in [2.05, 4.69) is 22.5 Å². The molecule has 0 heterocycles. The van der Waals surface area contributed by atoms with Gasteiger partial charge in [0, 0.05) is 26.4 Å². The van der Waals surface area contributed by atoms with Gasteiger partial charge in [-0.05, 0) is 25.2 Å². The fraction of sp³-hybridized carbons (Fsp3) is 0.833. The molecule has 1 fully saturated rings. The molecular formula is C18H34N4O2S. The largest absolute Gasteiger partial charge is 0.345 e. The highest BCUT2D eigenvalue weighted by Crippen LogP contribution is 2.22. The van der Waals surface area contributed by atoms with E-state index in [1.165, 1.54) is 61.6 Å². The average molecular weight is 371 g/mol. The van der Waals surface area contributed by atoms with Crippen molar-refractivity contribution in [1.29, 1.82) is 0 Å². The number of amidine groups is 1. The molecule has 0 spiro atoms. The third-order valence-corrected chi connectivity index (χ3v) is 5.27. The maximum atomic E-state index is 12.1. The molecule has 0 saturated heterocycles. The van der Waals surface area contributed by atoms with E-state index in [0.29, 0.717) is 17.6 Å². The zero-order valence-corrected chi connectivity index (χ0v) is 16.8. The van der Waals surface area contributed by atoms with Crippen molar-refractivity contribution in [2.45, 2.75) is 64.7 Å². The molecule has 0 unspecified atom stereocenters. The van der Waals surface area contributed by atoms with Gasteiger partial charge in [0.25, 0.3) is 0 Å². The highest BCUT2D eigenvalue weighted by atomic mass is 32.2. The van der Waals surface area contributed by atoms with Gasteiger partial charge in [-0.1, -0.05) is 57.2 Å². The molecule has 1 rings (SSSR count). The van der Waals surface area contributed by atoms with Crippen molar-refractivity contribution in [3.63, 3.8) is 0 Å². The van der Waals surface area contributed by atoms with Crippen molar-refractivity contribution in [2.24, 2.45) is 10.9 Å². The first-order valence-electron chi connectivity index (χ1n) is 9.50. The van der Waals surface area contributed by atoms with Gasteiger partial charge in [-0.15, -0.1) is 0 Å². The molecule has 4 amide bonds. The van der Waals surface area contributed by atoms with E-state index in [1.807, 2.05) is 0 Å². The van der Waals surface area contributed by atoms with E-state index in [9.17, 15) is 9.59 Å². The summed E-state index contributed by atoms with van der Waals surface area (Å²) in [5, 5.41) is 6.06. The Kier molecular flexibility index (Phi) is 11.4. The zero-order valence-electron chi connectivity index (χ0n) is 16.0. The van der Waals surface area contributed by atoms with E-state index in [-0.39, 0.29) is 12.1 Å². The van der Waals surface area contributed by atoms with E-state index >= 15 is 0 Å². The van der Waals surface area contributed by atoms with Crippen LogP contribution < -0.4 is 10.6 Å². The van der Waals surface area contributed by atoms with Crippen LogP contribution in [-0.2, 0) is 0 Å². The number of nitrogens with zero attached hydrogens (tertiary/aromatic N) is 2. The normalized spacial score (nSPS) is 15.7. The van der Waals surface area contributed by atoms with E-state index in [4.69, 9.17) is 0 Å². The Hall–Kier alpha value is -1.24. The van der Waals surface area contributed by atoms with Crippen LogP contribution in [-0.4, -0.2) is 48.5 Å². The summed E-state index contributed by atoms with van der Waals surface area (Å²) in [5.74, 6) is 1.42. The second-order valence-corrected chi connectivity index (χ2v) is 7.93. The number of hydrogen-bond donors (Lipinski definition) is 2. The van der Waals surface area contributed by atoms with Crippen LogP contribution in [0.25, 0.3) is 0 Å². The lowest BCUT2D eigenvalue weighted by atomic mass is 9.89. The minimum atomic E-state index is -0.358. The molecule has 0 aromatic rings. The van der Waals surface area contributed by atoms with E-state index < -0.39 is 0 Å². The van der Waals surface area contributed by atoms with Gasteiger partial charge >= 0.3 is 12.1 Å². The zero-order chi connectivity index (χ0) is 18.5. The van der Waals surface area contributed by atoms with Crippen molar-refractivity contribution >= 4 is 29.0 Å². The number of nitrogens with one attached hydrogen (secondary N) is 2. The molecule has 1 saturated carbocycles. The number of hydrogen-bond acceptors (Lipinski definition) is 3. The lowest BCUT2D eigenvalue weighted by molar-refractivity contribution is 0.227. The third-order valence-electron chi connectivity index (χ3n) is 4.31. The topological polar surface area (TPSA) is 73.8 Å². The van der Waals surface area contributed by atoms with Crippen LogP contribution in [0.2, 0.25) is 0 Å². The Morgan fingerprint density at radius 1 is 1.12 bits per heavy atom. The number of carbonyl (C=O) groups is 2. The van der Waals surface area contributed by atoms with Crippen molar-refractivity contribution < 1.29 is 9.59 Å². The molecular weight excluding hydrogens is 336 g/mol. The summed E-state index contributed by atoms with van der Waals surface area (Å²) in [6.07, 6.45) is 10.8. The predicted octanol–water partition coefficient (Wildman–Crippen LogP) is 4.22. The van der Waals surface area contributed by atoms with Crippen molar-refractivity contribution in [1.82, 2.24) is 15.5 Å².